The minimum absolute atomic E-state index is 0.169. The number of H-pyrrole nitrogens is 1. The van der Waals surface area contributed by atoms with Crippen molar-refractivity contribution in [2.24, 2.45) is 0 Å². The van der Waals surface area contributed by atoms with Crippen LogP contribution < -0.4 is 5.32 Å². The van der Waals surface area contributed by atoms with Gasteiger partial charge in [-0.1, -0.05) is 6.07 Å². The largest absolute Gasteiger partial charge is 0.416 e. The number of nitrogens with one attached hydrogen (secondary N) is 2. The van der Waals surface area contributed by atoms with Gasteiger partial charge in [0.2, 0.25) is 0 Å². The molecule has 0 saturated heterocycles. The molecule has 3 nitrogen and oxygen atoms in total. The summed E-state index contributed by atoms with van der Waals surface area (Å²) < 4.78 is 37.6. The lowest BCUT2D eigenvalue weighted by Gasteiger charge is -2.09. The van der Waals surface area contributed by atoms with Crippen LogP contribution >= 0.6 is 0 Å². The highest BCUT2D eigenvalue weighted by Crippen LogP contribution is 2.29. The van der Waals surface area contributed by atoms with E-state index in [1.165, 1.54) is 12.1 Å². The summed E-state index contributed by atoms with van der Waals surface area (Å²) in [6.45, 7) is 1.90. The maximum atomic E-state index is 12.5. The predicted octanol–water partition coefficient (Wildman–Crippen LogP) is 4.75. The molecule has 6 heteroatoms. The van der Waals surface area contributed by atoms with E-state index in [-0.39, 0.29) is 5.56 Å². The van der Waals surface area contributed by atoms with E-state index in [0.717, 1.165) is 28.7 Å². The van der Waals surface area contributed by atoms with Crippen LogP contribution in [0.2, 0.25) is 0 Å². The van der Waals surface area contributed by atoms with Gasteiger partial charge in [0.05, 0.1) is 11.3 Å². The third-order valence-corrected chi connectivity index (χ3v) is 3.52. The molecule has 0 fully saturated rings. The number of benzene rings is 2. The van der Waals surface area contributed by atoms with Gasteiger partial charge < -0.3 is 10.3 Å². The van der Waals surface area contributed by atoms with Crippen molar-refractivity contribution in [3.8, 4) is 0 Å². The Hall–Kier alpha value is -2.76. The molecule has 0 radical (unpaired) electrons. The molecule has 3 aromatic rings. The number of carbonyl (C=O) groups excluding carboxylic acids is 1. The minimum atomic E-state index is -4.41. The normalized spacial score (nSPS) is 11.7. The average Bonchev–Trinajstić information content (AvgIpc) is 2.88. The van der Waals surface area contributed by atoms with Crippen molar-refractivity contribution in [1.82, 2.24) is 4.98 Å². The second-order valence-electron chi connectivity index (χ2n) is 5.25. The Bertz CT molecular complexity index is 864. The molecule has 0 aliphatic rings. The summed E-state index contributed by atoms with van der Waals surface area (Å²) >= 11 is 0. The number of aryl methyl sites for hydroxylation is 1. The highest BCUT2D eigenvalue weighted by atomic mass is 19.4. The van der Waals surface area contributed by atoms with Crippen LogP contribution in [-0.4, -0.2) is 10.9 Å². The fraction of sp³-hybridized carbons (Fsp3) is 0.118. The standard InChI is InChI=1S/C17H13F3N2O/c1-10-9-13-14(21-10)3-2-4-15(13)22-16(23)11-5-7-12(8-6-11)17(18,19)20/h2-9,21H,1H3,(H,22,23). The fourth-order valence-electron chi connectivity index (χ4n) is 2.41. The Morgan fingerprint density at radius 1 is 1.09 bits per heavy atom. The smallest absolute Gasteiger partial charge is 0.359 e. The van der Waals surface area contributed by atoms with E-state index >= 15 is 0 Å². The number of amides is 1. The molecule has 0 spiro atoms. The van der Waals surface area contributed by atoms with Crippen molar-refractivity contribution in [3.63, 3.8) is 0 Å². The number of aromatic amines is 1. The highest BCUT2D eigenvalue weighted by Gasteiger charge is 2.30. The van der Waals surface area contributed by atoms with Gasteiger partial charge in [-0.25, -0.2) is 0 Å². The van der Waals surface area contributed by atoms with Gasteiger partial charge in [0.1, 0.15) is 0 Å². The molecule has 0 atom stereocenters. The zero-order chi connectivity index (χ0) is 16.6. The fourth-order valence-corrected chi connectivity index (χ4v) is 2.41. The van der Waals surface area contributed by atoms with Crippen LogP contribution in [0.4, 0.5) is 18.9 Å². The number of hydrogen-bond donors (Lipinski definition) is 2. The van der Waals surface area contributed by atoms with E-state index in [1.807, 2.05) is 19.1 Å². The molecule has 3 rings (SSSR count). The molecule has 23 heavy (non-hydrogen) atoms. The lowest BCUT2D eigenvalue weighted by atomic mass is 10.1. The first kappa shape index (κ1) is 15.1. The molecule has 2 aromatic carbocycles. The maximum Gasteiger partial charge on any atom is 0.416 e. The van der Waals surface area contributed by atoms with Crippen molar-refractivity contribution in [2.45, 2.75) is 13.1 Å². The van der Waals surface area contributed by atoms with Crippen LogP contribution in [0.15, 0.2) is 48.5 Å². The first-order valence-corrected chi connectivity index (χ1v) is 6.91. The van der Waals surface area contributed by atoms with Crippen LogP contribution in [0.25, 0.3) is 10.9 Å². The molecule has 2 N–H and O–H groups in total. The Kier molecular flexibility index (Phi) is 3.60. The van der Waals surface area contributed by atoms with Gasteiger partial charge in [-0.2, -0.15) is 13.2 Å². The van der Waals surface area contributed by atoms with Gasteiger partial charge in [0, 0.05) is 22.2 Å². The lowest BCUT2D eigenvalue weighted by molar-refractivity contribution is -0.137. The molecule has 1 heterocycles. The molecular formula is C17H13F3N2O. The van der Waals surface area contributed by atoms with Crippen molar-refractivity contribution in [3.05, 3.63) is 65.4 Å². The molecule has 0 saturated carbocycles. The molecule has 0 aliphatic heterocycles. The molecule has 0 unspecified atom stereocenters. The quantitative estimate of drug-likeness (QED) is 0.704. The summed E-state index contributed by atoms with van der Waals surface area (Å²) in [5.74, 6) is -0.454. The van der Waals surface area contributed by atoms with Gasteiger partial charge in [0.25, 0.3) is 5.91 Å². The number of carbonyl (C=O) groups is 1. The molecule has 1 aromatic heterocycles. The number of fused-ring (bicyclic) bond motifs is 1. The minimum Gasteiger partial charge on any atom is -0.359 e. The number of alkyl halides is 3. The van der Waals surface area contributed by atoms with Crippen molar-refractivity contribution in [1.29, 1.82) is 0 Å². The maximum absolute atomic E-state index is 12.5. The van der Waals surface area contributed by atoms with E-state index in [2.05, 4.69) is 10.3 Å². The van der Waals surface area contributed by atoms with E-state index in [9.17, 15) is 18.0 Å². The highest BCUT2D eigenvalue weighted by molar-refractivity contribution is 6.08. The Labute approximate surface area is 130 Å². The first-order chi connectivity index (χ1) is 10.8. The van der Waals surface area contributed by atoms with E-state index in [4.69, 9.17) is 0 Å². The van der Waals surface area contributed by atoms with E-state index < -0.39 is 17.6 Å². The van der Waals surface area contributed by atoms with Gasteiger partial charge in [-0.3, -0.25) is 4.79 Å². The number of halogens is 3. The van der Waals surface area contributed by atoms with Crippen LogP contribution in [-0.2, 0) is 6.18 Å². The van der Waals surface area contributed by atoms with Crippen molar-refractivity contribution >= 4 is 22.5 Å². The average molecular weight is 318 g/mol. The number of hydrogen-bond acceptors (Lipinski definition) is 1. The second kappa shape index (κ2) is 5.46. The SMILES string of the molecule is Cc1cc2c(NC(=O)c3ccc(C(F)(F)F)cc3)cccc2[nH]1. The van der Waals surface area contributed by atoms with Crippen molar-refractivity contribution < 1.29 is 18.0 Å². The summed E-state index contributed by atoms with van der Waals surface area (Å²) in [4.78, 5) is 15.4. The van der Waals surface area contributed by atoms with Gasteiger partial charge >= 0.3 is 6.18 Å². The number of anilines is 1. The zero-order valence-electron chi connectivity index (χ0n) is 12.2. The lowest BCUT2D eigenvalue weighted by Crippen LogP contribution is -2.13. The van der Waals surface area contributed by atoms with Crippen LogP contribution in [0.3, 0.4) is 0 Å². The molecule has 118 valence electrons. The van der Waals surface area contributed by atoms with Gasteiger partial charge in [-0.05, 0) is 49.4 Å². The topological polar surface area (TPSA) is 44.9 Å². The van der Waals surface area contributed by atoms with E-state index in [0.29, 0.717) is 5.69 Å². The van der Waals surface area contributed by atoms with Crippen LogP contribution in [0.1, 0.15) is 21.6 Å². The summed E-state index contributed by atoms with van der Waals surface area (Å²) in [6.07, 6.45) is -4.41. The summed E-state index contributed by atoms with van der Waals surface area (Å²) in [7, 11) is 0. The third-order valence-electron chi connectivity index (χ3n) is 3.52. The second-order valence-corrected chi connectivity index (χ2v) is 5.25. The van der Waals surface area contributed by atoms with Crippen LogP contribution in [0, 0.1) is 6.92 Å². The Balaban J connectivity index is 1.86. The van der Waals surface area contributed by atoms with Gasteiger partial charge in [0.15, 0.2) is 0 Å². The first-order valence-electron chi connectivity index (χ1n) is 6.91. The Morgan fingerprint density at radius 3 is 2.43 bits per heavy atom. The van der Waals surface area contributed by atoms with Gasteiger partial charge in [-0.15, -0.1) is 0 Å². The molecule has 1 amide bonds. The van der Waals surface area contributed by atoms with Crippen LogP contribution in [0.5, 0.6) is 0 Å². The predicted molar refractivity (Wildman–Crippen MR) is 82.4 cm³/mol. The van der Waals surface area contributed by atoms with Crippen molar-refractivity contribution in [2.75, 3.05) is 5.32 Å². The summed E-state index contributed by atoms with van der Waals surface area (Å²) in [5.41, 5.74) is 1.83. The molecular weight excluding hydrogens is 305 g/mol. The Morgan fingerprint density at radius 2 is 1.78 bits per heavy atom. The van der Waals surface area contributed by atoms with E-state index in [1.54, 1.807) is 12.1 Å². The molecule has 0 bridgehead atoms. The third kappa shape index (κ3) is 3.06. The monoisotopic (exact) mass is 318 g/mol. The summed E-state index contributed by atoms with van der Waals surface area (Å²) in [6, 6.07) is 11.5. The number of rotatable bonds is 2. The number of aromatic nitrogens is 1. The zero-order valence-corrected chi connectivity index (χ0v) is 12.2. The summed E-state index contributed by atoms with van der Waals surface area (Å²) in [5, 5.41) is 3.58. The molecule has 0 aliphatic carbocycles.